The summed E-state index contributed by atoms with van der Waals surface area (Å²) in [7, 11) is 0. The highest BCUT2D eigenvalue weighted by Crippen LogP contribution is 2.20. The molecule has 0 fully saturated rings. The molecule has 5 nitrogen and oxygen atoms in total. The summed E-state index contributed by atoms with van der Waals surface area (Å²) in [6, 6.07) is 6.54. The molecule has 0 N–H and O–H groups in total. The first kappa shape index (κ1) is 17.2. The van der Waals surface area contributed by atoms with Gasteiger partial charge in [0.15, 0.2) is 0 Å². The molecule has 0 aliphatic rings. The topological polar surface area (TPSA) is 61.8 Å². The minimum absolute atomic E-state index is 0.219. The molecular weight excluding hydrogens is 272 g/mol. The van der Waals surface area contributed by atoms with Crippen LogP contribution in [0.4, 0.5) is 0 Å². The van der Waals surface area contributed by atoms with Crippen molar-refractivity contribution in [3.8, 4) is 5.75 Å². The van der Waals surface area contributed by atoms with Crippen LogP contribution in [0.1, 0.15) is 44.0 Å². The molecule has 0 unspecified atom stereocenters. The Morgan fingerprint density at radius 3 is 2.62 bits per heavy atom. The number of para-hydroxylation sites is 1. The second kappa shape index (κ2) is 9.13. The van der Waals surface area contributed by atoms with Crippen molar-refractivity contribution in [1.82, 2.24) is 0 Å². The Bertz CT molecular complexity index is 469. The second-order valence-electron chi connectivity index (χ2n) is 4.64. The molecule has 0 aromatic heterocycles. The summed E-state index contributed by atoms with van der Waals surface area (Å²) < 4.78 is 15.6. The van der Waals surface area contributed by atoms with Gasteiger partial charge in [0.1, 0.15) is 11.3 Å². The van der Waals surface area contributed by atoms with E-state index >= 15 is 0 Å². The molecule has 1 atom stereocenters. The van der Waals surface area contributed by atoms with Crippen LogP contribution in [-0.2, 0) is 14.3 Å². The van der Waals surface area contributed by atoms with Crippen LogP contribution in [0.15, 0.2) is 24.3 Å². The zero-order valence-corrected chi connectivity index (χ0v) is 12.8. The van der Waals surface area contributed by atoms with E-state index < -0.39 is 11.9 Å². The highest BCUT2D eigenvalue weighted by molar-refractivity contribution is 5.93. The van der Waals surface area contributed by atoms with Crippen LogP contribution >= 0.6 is 0 Å². The zero-order chi connectivity index (χ0) is 15.7. The molecule has 116 valence electrons. The summed E-state index contributed by atoms with van der Waals surface area (Å²) in [4.78, 5) is 23.1. The Morgan fingerprint density at radius 1 is 1.24 bits per heavy atom. The molecule has 0 bridgehead atoms. The van der Waals surface area contributed by atoms with E-state index in [9.17, 15) is 9.59 Å². The summed E-state index contributed by atoms with van der Waals surface area (Å²) in [5, 5.41) is 0. The summed E-state index contributed by atoms with van der Waals surface area (Å²) >= 11 is 0. The normalized spacial score (nSPS) is 11.8. The number of benzene rings is 1. The molecule has 0 radical (unpaired) electrons. The molecule has 1 aromatic rings. The van der Waals surface area contributed by atoms with E-state index in [1.54, 1.807) is 24.3 Å². The number of carbonyl (C=O) groups excluding carboxylic acids is 2. The first-order valence-corrected chi connectivity index (χ1v) is 7.10. The molecule has 0 amide bonds. The average molecular weight is 294 g/mol. The van der Waals surface area contributed by atoms with E-state index in [0.29, 0.717) is 13.2 Å². The van der Waals surface area contributed by atoms with Crippen molar-refractivity contribution in [2.75, 3.05) is 13.2 Å². The van der Waals surface area contributed by atoms with E-state index in [1.807, 2.05) is 13.8 Å². The standard InChI is InChI=1S/C16H22O5/c1-4-19-11-7-8-12(2)20-16(18)14-9-5-6-10-15(14)21-13(3)17/h5-6,9-10,12H,4,7-8,11H2,1-3H3/t12-/m1/s1. The average Bonchev–Trinajstić information content (AvgIpc) is 2.43. The van der Waals surface area contributed by atoms with Crippen LogP contribution in [0, 0.1) is 0 Å². The lowest BCUT2D eigenvalue weighted by atomic mass is 10.2. The van der Waals surface area contributed by atoms with Crippen LogP contribution < -0.4 is 4.74 Å². The first-order valence-electron chi connectivity index (χ1n) is 7.10. The molecule has 0 spiro atoms. The van der Waals surface area contributed by atoms with Crippen LogP contribution in [-0.4, -0.2) is 31.3 Å². The molecular formula is C16H22O5. The van der Waals surface area contributed by atoms with Gasteiger partial charge in [-0.1, -0.05) is 12.1 Å². The zero-order valence-electron chi connectivity index (χ0n) is 12.8. The summed E-state index contributed by atoms with van der Waals surface area (Å²) in [5.41, 5.74) is 0.254. The molecule has 0 aliphatic carbocycles. The summed E-state index contributed by atoms with van der Waals surface area (Å²) in [6.45, 7) is 6.40. The lowest BCUT2D eigenvalue weighted by Crippen LogP contribution is -2.17. The fourth-order valence-electron chi connectivity index (χ4n) is 1.80. The van der Waals surface area contributed by atoms with Gasteiger partial charge < -0.3 is 14.2 Å². The quantitative estimate of drug-likeness (QED) is 0.419. The Hall–Kier alpha value is -1.88. The number of ether oxygens (including phenoxy) is 3. The fraction of sp³-hybridized carbons (Fsp3) is 0.500. The van der Waals surface area contributed by atoms with Crippen molar-refractivity contribution in [2.24, 2.45) is 0 Å². The Balaban J connectivity index is 2.56. The Kier molecular flexibility index (Phi) is 7.46. The summed E-state index contributed by atoms with van der Waals surface area (Å²) in [5.74, 6) is -0.743. The SMILES string of the molecule is CCOCCC[C@@H](C)OC(=O)c1ccccc1OC(C)=O. The predicted octanol–water partition coefficient (Wildman–Crippen LogP) is 2.97. The predicted molar refractivity (Wildman–Crippen MR) is 78.4 cm³/mol. The number of hydrogen-bond donors (Lipinski definition) is 0. The van der Waals surface area contributed by atoms with E-state index in [-0.39, 0.29) is 17.4 Å². The molecule has 0 saturated carbocycles. The second-order valence-corrected chi connectivity index (χ2v) is 4.64. The number of esters is 2. The highest BCUT2D eigenvalue weighted by Gasteiger charge is 2.17. The monoisotopic (exact) mass is 294 g/mol. The minimum atomic E-state index is -0.490. The number of carbonyl (C=O) groups is 2. The van der Waals surface area contributed by atoms with Gasteiger partial charge in [-0.15, -0.1) is 0 Å². The van der Waals surface area contributed by atoms with Gasteiger partial charge >= 0.3 is 11.9 Å². The van der Waals surface area contributed by atoms with E-state index in [1.165, 1.54) is 6.92 Å². The molecule has 1 rings (SSSR count). The minimum Gasteiger partial charge on any atom is -0.459 e. The van der Waals surface area contributed by atoms with E-state index in [2.05, 4.69) is 0 Å². The van der Waals surface area contributed by atoms with Crippen LogP contribution in [0.3, 0.4) is 0 Å². The fourth-order valence-corrected chi connectivity index (χ4v) is 1.80. The number of rotatable bonds is 8. The first-order chi connectivity index (χ1) is 10.0. The molecule has 5 heteroatoms. The maximum Gasteiger partial charge on any atom is 0.342 e. The van der Waals surface area contributed by atoms with Gasteiger partial charge in [0.25, 0.3) is 0 Å². The van der Waals surface area contributed by atoms with Crippen LogP contribution in [0.25, 0.3) is 0 Å². The lowest BCUT2D eigenvalue weighted by Gasteiger charge is -2.14. The van der Waals surface area contributed by atoms with Gasteiger partial charge in [-0.2, -0.15) is 0 Å². The van der Waals surface area contributed by atoms with Crippen molar-refractivity contribution in [3.05, 3.63) is 29.8 Å². The Labute approximate surface area is 125 Å². The van der Waals surface area contributed by atoms with Gasteiger partial charge in [-0.05, 0) is 38.8 Å². The largest absolute Gasteiger partial charge is 0.459 e. The van der Waals surface area contributed by atoms with Crippen molar-refractivity contribution in [3.63, 3.8) is 0 Å². The van der Waals surface area contributed by atoms with Gasteiger partial charge in [0.05, 0.1) is 6.10 Å². The Morgan fingerprint density at radius 2 is 1.95 bits per heavy atom. The van der Waals surface area contributed by atoms with Crippen LogP contribution in [0.5, 0.6) is 5.75 Å². The molecule has 21 heavy (non-hydrogen) atoms. The third-order valence-corrected chi connectivity index (χ3v) is 2.77. The van der Waals surface area contributed by atoms with Crippen molar-refractivity contribution in [1.29, 1.82) is 0 Å². The van der Waals surface area contributed by atoms with Crippen molar-refractivity contribution in [2.45, 2.75) is 39.7 Å². The smallest absolute Gasteiger partial charge is 0.342 e. The third kappa shape index (κ3) is 6.40. The van der Waals surface area contributed by atoms with Gasteiger partial charge in [-0.3, -0.25) is 4.79 Å². The molecule has 0 aliphatic heterocycles. The van der Waals surface area contributed by atoms with E-state index in [4.69, 9.17) is 14.2 Å². The highest BCUT2D eigenvalue weighted by atomic mass is 16.6. The van der Waals surface area contributed by atoms with Gasteiger partial charge in [0.2, 0.25) is 0 Å². The lowest BCUT2D eigenvalue weighted by molar-refractivity contribution is -0.131. The third-order valence-electron chi connectivity index (χ3n) is 2.77. The van der Waals surface area contributed by atoms with Crippen molar-refractivity contribution >= 4 is 11.9 Å². The maximum atomic E-state index is 12.1. The summed E-state index contributed by atoms with van der Waals surface area (Å²) in [6.07, 6.45) is 1.33. The van der Waals surface area contributed by atoms with Crippen LogP contribution in [0.2, 0.25) is 0 Å². The van der Waals surface area contributed by atoms with Gasteiger partial charge in [0, 0.05) is 20.1 Å². The van der Waals surface area contributed by atoms with Gasteiger partial charge in [-0.25, -0.2) is 4.79 Å². The molecule has 1 aromatic carbocycles. The molecule has 0 heterocycles. The number of hydrogen-bond acceptors (Lipinski definition) is 5. The molecule has 0 saturated heterocycles. The van der Waals surface area contributed by atoms with E-state index in [0.717, 1.165) is 12.8 Å². The van der Waals surface area contributed by atoms with Crippen molar-refractivity contribution < 1.29 is 23.8 Å². The maximum absolute atomic E-state index is 12.1.